The molecule has 4 rings (SSSR count). The van der Waals surface area contributed by atoms with Gasteiger partial charge in [0.2, 0.25) is 0 Å². The van der Waals surface area contributed by atoms with Gasteiger partial charge in [-0.05, 0) is 73.0 Å². The van der Waals surface area contributed by atoms with Crippen molar-refractivity contribution in [1.82, 2.24) is 4.13 Å². The predicted octanol–water partition coefficient (Wildman–Crippen LogP) is 12.2. The molecule has 1 aromatic rings. The molecule has 0 amide bonds. The molecule has 0 aliphatic heterocycles. The Morgan fingerprint density at radius 1 is 0.675 bits per heavy atom. The fourth-order valence-corrected chi connectivity index (χ4v) is 7.97. The van der Waals surface area contributed by atoms with E-state index in [4.69, 9.17) is 4.18 Å². The lowest BCUT2D eigenvalue weighted by atomic mass is 9.75. The van der Waals surface area contributed by atoms with E-state index in [9.17, 15) is 22.0 Å². The Morgan fingerprint density at radius 2 is 1.10 bits per heavy atom. The monoisotopic (exact) mass is 623 g/mol. The van der Waals surface area contributed by atoms with Crippen molar-refractivity contribution in [1.29, 1.82) is 0 Å². The molecule has 3 fully saturated rings. The molecule has 0 saturated heterocycles. The van der Waals surface area contributed by atoms with Gasteiger partial charge in [-0.3, -0.25) is 0 Å². The number of nitrogens with one attached hydrogen (secondary N) is 1. The van der Waals surface area contributed by atoms with E-state index in [1.807, 2.05) is 0 Å². The summed E-state index contributed by atoms with van der Waals surface area (Å²) in [7, 11) is 0. The molecular weight excluding hydrogens is 582 g/mol. The van der Waals surface area contributed by atoms with Gasteiger partial charge in [-0.25, -0.2) is 0 Å². The fourth-order valence-electron chi connectivity index (χ4n) is 6.12. The second-order valence-corrected chi connectivity index (χ2v) is 14.0. The Hall–Kier alpha value is -0.840. The topological polar surface area (TPSA) is 21.3 Å². The van der Waals surface area contributed by atoms with Gasteiger partial charge in [-0.2, -0.15) is 26.1 Å². The number of allylic oxidation sites excluding steroid dienone is 2. The number of rotatable bonds is 10. The Morgan fingerprint density at radius 3 is 1.50 bits per heavy atom. The lowest BCUT2D eigenvalue weighted by Gasteiger charge is -2.32. The van der Waals surface area contributed by atoms with Crippen molar-refractivity contribution < 1.29 is 26.1 Å². The van der Waals surface area contributed by atoms with Crippen molar-refractivity contribution >= 4 is 35.9 Å². The van der Waals surface area contributed by atoms with Crippen LogP contribution in [-0.2, 0) is 0 Å². The van der Waals surface area contributed by atoms with Crippen LogP contribution >= 0.6 is 35.9 Å². The molecule has 0 bridgehead atoms. The summed E-state index contributed by atoms with van der Waals surface area (Å²) in [5, 5.41) is 0. The van der Waals surface area contributed by atoms with E-state index < -0.39 is 22.0 Å². The van der Waals surface area contributed by atoms with E-state index in [0.717, 1.165) is 62.5 Å². The molecule has 2 nitrogen and oxygen atoms in total. The summed E-state index contributed by atoms with van der Waals surface area (Å²) in [6.45, 7) is 6.72. The summed E-state index contributed by atoms with van der Waals surface area (Å²) < 4.78 is 70.3. The largest absolute Gasteiger partial charge is 0.456 e. The van der Waals surface area contributed by atoms with E-state index in [1.54, 1.807) is 16.3 Å². The molecule has 40 heavy (non-hydrogen) atoms. The van der Waals surface area contributed by atoms with E-state index in [1.165, 1.54) is 50.5 Å². The quantitative estimate of drug-likeness (QED) is 0.0917. The predicted molar refractivity (Wildman–Crippen MR) is 162 cm³/mol. The number of halogens is 5. The third-order valence-corrected chi connectivity index (χ3v) is 10.1. The van der Waals surface area contributed by atoms with Gasteiger partial charge < -0.3 is 4.18 Å². The normalized spacial score (nSPS) is 19.9. The van der Waals surface area contributed by atoms with Crippen LogP contribution in [0.4, 0.5) is 22.0 Å². The van der Waals surface area contributed by atoms with Crippen molar-refractivity contribution in [3.8, 4) is 5.75 Å². The van der Waals surface area contributed by atoms with Gasteiger partial charge >= 0.3 is 10.1 Å². The van der Waals surface area contributed by atoms with Gasteiger partial charge in [-0.1, -0.05) is 95.2 Å². The Labute approximate surface area is 249 Å². The molecule has 0 aromatic heterocycles. The highest BCUT2D eigenvalue weighted by molar-refractivity contribution is 8.20. The molecule has 0 spiro atoms. The van der Waals surface area contributed by atoms with Crippen LogP contribution in [0.5, 0.6) is 5.75 Å². The Kier molecular flexibility index (Phi) is 14.1. The SMILES string of the molecule is C=CC=C.FC(F)(F)SNSC(F)(F)SOc1c(C2CCCCC2)cc(C2CCCCC2)cc1C1CCCCC1. The van der Waals surface area contributed by atoms with Gasteiger partial charge in [0, 0.05) is 23.9 Å². The van der Waals surface area contributed by atoms with E-state index in [0.29, 0.717) is 11.7 Å². The number of hydrogen-bond acceptors (Lipinski definition) is 5. The molecule has 1 N–H and O–H groups in total. The average molecular weight is 624 g/mol. The number of benzene rings is 1. The smallest absolute Gasteiger partial charge is 0.418 e. The lowest BCUT2D eigenvalue weighted by molar-refractivity contribution is -0.0331. The summed E-state index contributed by atoms with van der Waals surface area (Å²) in [5.74, 6) is 1.62. The third-order valence-electron chi connectivity index (χ3n) is 8.04. The van der Waals surface area contributed by atoms with E-state index >= 15 is 0 Å². The minimum absolute atomic E-state index is 0.0334. The van der Waals surface area contributed by atoms with Crippen molar-refractivity contribution in [2.75, 3.05) is 0 Å². The third kappa shape index (κ3) is 11.1. The maximum absolute atomic E-state index is 14.6. The Balaban J connectivity index is 0.00000103. The van der Waals surface area contributed by atoms with Crippen molar-refractivity contribution in [3.05, 3.63) is 54.1 Å². The average Bonchev–Trinajstić information content (AvgIpc) is 2.96. The molecule has 3 aliphatic carbocycles. The number of hydrogen-bond donors (Lipinski definition) is 1. The van der Waals surface area contributed by atoms with Crippen LogP contribution in [0.25, 0.3) is 0 Å². The van der Waals surface area contributed by atoms with Crippen molar-refractivity contribution in [2.24, 2.45) is 0 Å². The highest BCUT2D eigenvalue weighted by atomic mass is 32.2. The highest BCUT2D eigenvalue weighted by Crippen LogP contribution is 2.50. The van der Waals surface area contributed by atoms with Gasteiger partial charge in [0.1, 0.15) is 17.8 Å². The van der Waals surface area contributed by atoms with Gasteiger partial charge in [0.05, 0.1) is 0 Å². The highest BCUT2D eigenvalue weighted by Gasteiger charge is 2.38. The second kappa shape index (κ2) is 16.7. The zero-order chi connectivity index (χ0) is 29.0. The van der Waals surface area contributed by atoms with Crippen molar-refractivity contribution in [3.63, 3.8) is 0 Å². The molecule has 1 aromatic carbocycles. The van der Waals surface area contributed by atoms with Gasteiger partial charge in [0.25, 0.3) is 0 Å². The first kappa shape index (κ1) is 33.7. The molecule has 226 valence electrons. The van der Waals surface area contributed by atoms with E-state index in [-0.39, 0.29) is 35.8 Å². The maximum Gasteiger partial charge on any atom is 0.456 e. The van der Waals surface area contributed by atoms with Gasteiger partial charge in [-0.15, -0.1) is 0 Å². The summed E-state index contributed by atoms with van der Waals surface area (Å²) in [4.78, 5) is 0. The van der Waals surface area contributed by atoms with Gasteiger partial charge in [0.15, 0.2) is 0 Å². The number of alkyl halides is 5. The Bertz CT molecular complexity index is 879. The van der Waals surface area contributed by atoms with E-state index in [2.05, 4.69) is 25.3 Å². The molecular formula is C30H42F5NOS3. The summed E-state index contributed by atoms with van der Waals surface area (Å²) in [6.07, 6.45) is 20.3. The standard InChI is InChI=1S/C26H36F5NOS3.C4H6/c27-25(28,29)34-32-35-26(30,31)36-33-24-22(19-12-6-2-7-13-19)16-21(18-10-4-1-5-11-18)17-23(24)20-14-8-3-9-15-20;1-3-4-2/h16-20,32H,1-15H2;3-4H,1-2H2. The lowest BCUT2D eigenvalue weighted by Crippen LogP contribution is -2.17. The molecule has 0 atom stereocenters. The molecule has 3 saturated carbocycles. The molecule has 0 heterocycles. The minimum atomic E-state index is -4.63. The fraction of sp³-hybridized carbons (Fsp3) is 0.667. The summed E-state index contributed by atoms with van der Waals surface area (Å²) in [5.41, 5.74) is -1.21. The first-order valence-corrected chi connectivity index (χ1v) is 16.8. The first-order chi connectivity index (χ1) is 19.1. The zero-order valence-electron chi connectivity index (χ0n) is 23.1. The molecule has 0 radical (unpaired) electrons. The van der Waals surface area contributed by atoms with Crippen LogP contribution in [0, 0.1) is 0 Å². The first-order valence-electron chi connectivity index (χ1n) is 14.5. The van der Waals surface area contributed by atoms with Crippen LogP contribution < -0.4 is 8.31 Å². The zero-order valence-corrected chi connectivity index (χ0v) is 25.5. The van der Waals surface area contributed by atoms with Crippen LogP contribution in [0.2, 0.25) is 0 Å². The maximum atomic E-state index is 14.6. The summed E-state index contributed by atoms with van der Waals surface area (Å²) >= 11 is -0.987. The van der Waals surface area contributed by atoms with Crippen molar-refractivity contribution in [2.45, 2.75) is 124 Å². The van der Waals surface area contributed by atoms with Crippen LogP contribution in [0.15, 0.2) is 37.4 Å². The molecule has 10 heteroatoms. The minimum Gasteiger partial charge on any atom is -0.418 e. The summed E-state index contributed by atoms with van der Waals surface area (Å²) in [6, 6.07) is 4.47. The van der Waals surface area contributed by atoms with Crippen LogP contribution in [0.1, 0.15) is 131 Å². The van der Waals surface area contributed by atoms with Crippen LogP contribution in [-0.4, -0.2) is 10.1 Å². The molecule has 3 aliphatic rings. The second-order valence-electron chi connectivity index (χ2n) is 10.9. The molecule has 0 unspecified atom stereocenters. The van der Waals surface area contributed by atoms with Crippen LogP contribution in [0.3, 0.4) is 0 Å².